The number of benzene rings is 3. The Bertz CT molecular complexity index is 1270. The lowest BCUT2D eigenvalue weighted by Gasteiger charge is -2.15. The number of rotatable bonds is 7. The van der Waals surface area contributed by atoms with E-state index >= 15 is 0 Å². The highest BCUT2D eigenvalue weighted by molar-refractivity contribution is 14.1. The number of ether oxygens (including phenoxy) is 3. The SMILES string of the molecule is CCOc1cc(/C=C2\N=C(c3ccccc3C)OC2=O)cc(I)c1OCc1ccccc1Br. The van der Waals surface area contributed by atoms with Gasteiger partial charge in [-0.15, -0.1) is 0 Å². The maximum absolute atomic E-state index is 12.5. The fourth-order valence-corrected chi connectivity index (χ4v) is 4.52. The summed E-state index contributed by atoms with van der Waals surface area (Å²) in [4.78, 5) is 16.9. The molecule has 7 heteroatoms. The molecule has 1 heterocycles. The molecule has 0 aromatic heterocycles. The maximum Gasteiger partial charge on any atom is 0.363 e. The number of hydrogen-bond acceptors (Lipinski definition) is 5. The molecule has 0 fully saturated rings. The molecule has 0 amide bonds. The summed E-state index contributed by atoms with van der Waals surface area (Å²) in [6.07, 6.45) is 1.70. The molecule has 3 aromatic rings. The van der Waals surface area contributed by atoms with Crippen LogP contribution >= 0.6 is 38.5 Å². The van der Waals surface area contributed by atoms with Crippen molar-refractivity contribution in [2.75, 3.05) is 6.61 Å². The van der Waals surface area contributed by atoms with Gasteiger partial charge >= 0.3 is 5.97 Å². The first-order chi connectivity index (χ1) is 16.0. The van der Waals surface area contributed by atoms with Gasteiger partial charge in [-0.25, -0.2) is 9.79 Å². The minimum Gasteiger partial charge on any atom is -0.490 e. The standard InChI is InChI=1S/C26H21BrINO4/c1-3-31-23-14-17(12-21(28)24(23)32-15-18-9-5-7-11-20(18)27)13-22-26(30)33-25(29-22)19-10-6-4-8-16(19)2/h4-14H,3,15H2,1-2H3/b22-13-. The summed E-state index contributed by atoms with van der Waals surface area (Å²) in [5.41, 5.74) is 3.85. The van der Waals surface area contributed by atoms with Crippen LogP contribution in [0.15, 0.2) is 75.8 Å². The van der Waals surface area contributed by atoms with Crippen molar-refractivity contribution in [2.45, 2.75) is 20.5 Å². The van der Waals surface area contributed by atoms with E-state index in [1.807, 2.05) is 74.5 Å². The lowest BCUT2D eigenvalue weighted by Crippen LogP contribution is -2.06. The fourth-order valence-electron chi connectivity index (χ4n) is 3.33. The first-order valence-corrected chi connectivity index (χ1v) is 12.2. The Morgan fingerprint density at radius 3 is 2.61 bits per heavy atom. The number of hydrogen-bond donors (Lipinski definition) is 0. The number of carbonyl (C=O) groups is 1. The number of cyclic esters (lactones) is 1. The summed E-state index contributed by atoms with van der Waals surface area (Å²) in [7, 11) is 0. The molecule has 0 atom stereocenters. The normalized spacial score (nSPS) is 14.2. The van der Waals surface area contributed by atoms with Crippen molar-refractivity contribution >= 4 is 56.5 Å². The summed E-state index contributed by atoms with van der Waals surface area (Å²) in [6.45, 7) is 4.76. The molecule has 3 aromatic carbocycles. The van der Waals surface area contributed by atoms with Crippen LogP contribution in [0.4, 0.5) is 0 Å². The molecule has 0 saturated heterocycles. The number of aliphatic imine (C=N–C) groups is 1. The average molecular weight is 618 g/mol. The minimum absolute atomic E-state index is 0.244. The van der Waals surface area contributed by atoms with Crippen LogP contribution in [0.3, 0.4) is 0 Å². The Morgan fingerprint density at radius 1 is 1.09 bits per heavy atom. The highest BCUT2D eigenvalue weighted by Crippen LogP contribution is 2.36. The van der Waals surface area contributed by atoms with Crippen LogP contribution in [0.5, 0.6) is 11.5 Å². The molecule has 0 N–H and O–H groups in total. The molecule has 0 unspecified atom stereocenters. The van der Waals surface area contributed by atoms with Crippen LogP contribution in [0, 0.1) is 10.5 Å². The van der Waals surface area contributed by atoms with Gasteiger partial charge in [0.15, 0.2) is 17.2 Å². The van der Waals surface area contributed by atoms with Crippen molar-refractivity contribution in [3.05, 3.63) is 96.7 Å². The van der Waals surface area contributed by atoms with Crippen molar-refractivity contribution in [1.29, 1.82) is 0 Å². The van der Waals surface area contributed by atoms with Gasteiger partial charge in [-0.05, 0) is 77.9 Å². The first kappa shape index (κ1) is 23.5. The predicted molar refractivity (Wildman–Crippen MR) is 141 cm³/mol. The minimum atomic E-state index is -0.476. The van der Waals surface area contributed by atoms with Crippen molar-refractivity contribution in [3.8, 4) is 11.5 Å². The molecule has 0 saturated carbocycles. The van der Waals surface area contributed by atoms with Gasteiger partial charge < -0.3 is 14.2 Å². The molecule has 33 heavy (non-hydrogen) atoms. The van der Waals surface area contributed by atoms with E-state index in [2.05, 4.69) is 43.5 Å². The quantitative estimate of drug-likeness (QED) is 0.169. The average Bonchev–Trinajstić information content (AvgIpc) is 3.14. The topological polar surface area (TPSA) is 57.1 Å². The van der Waals surface area contributed by atoms with Crippen molar-refractivity contribution in [3.63, 3.8) is 0 Å². The maximum atomic E-state index is 12.5. The van der Waals surface area contributed by atoms with Crippen LogP contribution in [0.1, 0.15) is 29.2 Å². The van der Waals surface area contributed by atoms with Gasteiger partial charge in [0.05, 0.1) is 10.2 Å². The van der Waals surface area contributed by atoms with Crippen molar-refractivity contribution in [2.24, 2.45) is 4.99 Å². The van der Waals surface area contributed by atoms with Crippen LogP contribution in [-0.2, 0) is 16.1 Å². The van der Waals surface area contributed by atoms with E-state index in [-0.39, 0.29) is 5.70 Å². The second-order valence-corrected chi connectivity index (χ2v) is 9.31. The van der Waals surface area contributed by atoms with Crippen molar-refractivity contribution < 1.29 is 19.0 Å². The van der Waals surface area contributed by atoms with Crippen LogP contribution < -0.4 is 9.47 Å². The second kappa shape index (κ2) is 10.5. The highest BCUT2D eigenvalue weighted by Gasteiger charge is 2.25. The van der Waals surface area contributed by atoms with Gasteiger partial charge in [0.1, 0.15) is 6.61 Å². The van der Waals surface area contributed by atoms with Gasteiger partial charge in [-0.1, -0.05) is 52.3 Å². The third-order valence-electron chi connectivity index (χ3n) is 4.96. The molecule has 5 nitrogen and oxygen atoms in total. The van der Waals surface area contributed by atoms with Gasteiger partial charge in [-0.3, -0.25) is 0 Å². The van der Waals surface area contributed by atoms with Crippen LogP contribution in [0.2, 0.25) is 0 Å². The van der Waals surface area contributed by atoms with Crippen LogP contribution in [0.25, 0.3) is 6.08 Å². The Morgan fingerprint density at radius 2 is 1.85 bits per heavy atom. The summed E-state index contributed by atoms with van der Waals surface area (Å²) < 4.78 is 19.2. The zero-order valence-electron chi connectivity index (χ0n) is 18.1. The predicted octanol–water partition coefficient (Wildman–Crippen LogP) is 6.68. The summed E-state index contributed by atoms with van der Waals surface area (Å²) in [6, 6.07) is 19.4. The monoisotopic (exact) mass is 617 g/mol. The van der Waals surface area contributed by atoms with E-state index in [4.69, 9.17) is 14.2 Å². The Hall–Kier alpha value is -2.65. The summed E-state index contributed by atoms with van der Waals surface area (Å²) in [5, 5.41) is 0. The third-order valence-corrected chi connectivity index (χ3v) is 6.54. The number of esters is 1. The molecule has 0 radical (unpaired) electrons. The van der Waals surface area contributed by atoms with Gasteiger partial charge in [0.2, 0.25) is 5.90 Å². The fraction of sp³-hybridized carbons (Fsp3) is 0.154. The number of aryl methyl sites for hydroxylation is 1. The molecule has 0 bridgehead atoms. The van der Waals surface area contributed by atoms with Gasteiger partial charge in [0.25, 0.3) is 0 Å². The zero-order chi connectivity index (χ0) is 23.4. The van der Waals surface area contributed by atoms with E-state index in [9.17, 15) is 4.79 Å². The van der Waals surface area contributed by atoms with Gasteiger partial charge in [0, 0.05) is 15.6 Å². The van der Waals surface area contributed by atoms with E-state index in [0.717, 1.165) is 30.3 Å². The summed E-state index contributed by atoms with van der Waals surface area (Å²) >= 11 is 5.77. The Kier molecular flexibility index (Phi) is 7.49. The summed E-state index contributed by atoms with van der Waals surface area (Å²) in [5.74, 6) is 1.11. The number of nitrogens with zero attached hydrogens (tertiary/aromatic N) is 1. The molecule has 168 valence electrons. The lowest BCUT2D eigenvalue weighted by atomic mass is 10.1. The number of halogens is 2. The number of carbonyl (C=O) groups excluding carboxylic acids is 1. The Labute approximate surface area is 214 Å². The molecular formula is C26H21BrINO4. The molecule has 1 aliphatic heterocycles. The smallest absolute Gasteiger partial charge is 0.363 e. The molecule has 0 spiro atoms. The molecule has 4 rings (SSSR count). The first-order valence-electron chi connectivity index (χ1n) is 10.4. The lowest BCUT2D eigenvalue weighted by molar-refractivity contribution is -0.129. The zero-order valence-corrected chi connectivity index (χ0v) is 21.8. The molecular weight excluding hydrogens is 597 g/mol. The Balaban J connectivity index is 1.63. The largest absolute Gasteiger partial charge is 0.490 e. The third kappa shape index (κ3) is 5.47. The van der Waals surface area contributed by atoms with E-state index in [1.54, 1.807) is 6.08 Å². The van der Waals surface area contributed by atoms with E-state index in [1.165, 1.54) is 0 Å². The van der Waals surface area contributed by atoms with Crippen molar-refractivity contribution in [1.82, 2.24) is 0 Å². The molecule has 1 aliphatic rings. The van der Waals surface area contributed by atoms with Crippen LogP contribution in [-0.4, -0.2) is 18.5 Å². The second-order valence-electron chi connectivity index (χ2n) is 7.29. The molecule has 0 aliphatic carbocycles. The van der Waals surface area contributed by atoms with Gasteiger partial charge in [-0.2, -0.15) is 0 Å². The van der Waals surface area contributed by atoms with E-state index in [0.29, 0.717) is 30.6 Å². The van der Waals surface area contributed by atoms with E-state index < -0.39 is 5.97 Å². The highest BCUT2D eigenvalue weighted by atomic mass is 127.